The Hall–Kier alpha value is -7.47. The molecule has 3 heterocycles. The van der Waals surface area contributed by atoms with E-state index in [9.17, 15) is 0 Å². The van der Waals surface area contributed by atoms with Crippen LogP contribution >= 0.6 is 11.3 Å². The maximum atomic E-state index is 6.68. The quantitative estimate of drug-likeness (QED) is 0.175. The molecular weight excluding hydrogens is 727 g/mol. The maximum absolute atomic E-state index is 6.68. The van der Waals surface area contributed by atoms with Gasteiger partial charge in [0.1, 0.15) is 11.2 Å². The van der Waals surface area contributed by atoms with Crippen LogP contribution in [0.25, 0.3) is 120 Å². The molecule has 0 radical (unpaired) electrons. The van der Waals surface area contributed by atoms with Crippen LogP contribution in [0.2, 0.25) is 0 Å². The fourth-order valence-electron chi connectivity index (χ4n) is 8.44. The normalized spacial score (nSPS) is 11.8. The first-order valence-corrected chi connectivity index (χ1v) is 20.2. The zero-order chi connectivity index (χ0) is 38.2. The first-order valence-electron chi connectivity index (χ1n) is 19.4. The highest BCUT2D eigenvalue weighted by Gasteiger charge is 2.23. The minimum absolute atomic E-state index is 0.591. The molecule has 0 bridgehead atoms. The van der Waals surface area contributed by atoms with E-state index in [2.05, 4.69) is 182 Å². The van der Waals surface area contributed by atoms with Gasteiger partial charge in [0.25, 0.3) is 0 Å². The number of nitrogens with zero attached hydrogens (tertiary/aromatic N) is 3. The maximum Gasteiger partial charge on any atom is 0.165 e. The molecule has 58 heavy (non-hydrogen) atoms. The van der Waals surface area contributed by atoms with Crippen molar-refractivity contribution in [2.24, 2.45) is 0 Å². The van der Waals surface area contributed by atoms with Crippen molar-refractivity contribution in [3.05, 3.63) is 188 Å². The molecule has 0 aliphatic heterocycles. The standard InChI is InChI=1S/C53H31N3OS/c1-2-10-32(11-3-1)34-18-21-35(22-19-34)51-54-52(40-24-25-43-42-16-8-9-17-47(42)58-48(43)31-40)56-53(55-51)50-41(39-23-20-33-12-4-5-13-36(33)28-39)26-27-45-49(50)44-29-37-14-6-7-15-38(37)30-46(44)57-45/h1-31H. The molecule has 3 aromatic heterocycles. The summed E-state index contributed by atoms with van der Waals surface area (Å²) in [5, 5.41) is 9.13. The monoisotopic (exact) mass is 757 g/mol. The predicted molar refractivity (Wildman–Crippen MR) is 242 cm³/mol. The predicted octanol–water partition coefficient (Wildman–Crippen LogP) is 14.8. The van der Waals surface area contributed by atoms with Gasteiger partial charge in [-0.15, -0.1) is 11.3 Å². The van der Waals surface area contributed by atoms with Crippen molar-refractivity contribution in [1.29, 1.82) is 0 Å². The molecule has 270 valence electrons. The van der Waals surface area contributed by atoms with Crippen molar-refractivity contribution in [2.75, 3.05) is 0 Å². The lowest BCUT2D eigenvalue weighted by Gasteiger charge is -2.14. The molecule has 4 nitrogen and oxygen atoms in total. The number of rotatable bonds is 5. The Morgan fingerprint density at radius 2 is 0.948 bits per heavy atom. The average molecular weight is 758 g/mol. The summed E-state index contributed by atoms with van der Waals surface area (Å²) >= 11 is 1.79. The second kappa shape index (κ2) is 13.1. The molecule has 0 atom stereocenters. The van der Waals surface area contributed by atoms with Gasteiger partial charge in [-0.2, -0.15) is 0 Å². The molecule has 0 spiro atoms. The zero-order valence-corrected chi connectivity index (χ0v) is 31.9. The highest BCUT2D eigenvalue weighted by atomic mass is 32.1. The molecule has 0 aliphatic rings. The summed E-state index contributed by atoms with van der Waals surface area (Å²) in [5.74, 6) is 1.81. The van der Waals surface area contributed by atoms with Gasteiger partial charge >= 0.3 is 0 Å². The molecule has 0 amide bonds. The summed E-state index contributed by atoms with van der Waals surface area (Å²) in [6.07, 6.45) is 0. The van der Waals surface area contributed by atoms with Crippen molar-refractivity contribution >= 4 is 75.0 Å². The number of hydrogen-bond acceptors (Lipinski definition) is 5. The van der Waals surface area contributed by atoms with Gasteiger partial charge in [-0.1, -0.05) is 146 Å². The van der Waals surface area contributed by atoms with E-state index in [0.29, 0.717) is 17.5 Å². The summed E-state index contributed by atoms with van der Waals surface area (Å²) in [7, 11) is 0. The average Bonchev–Trinajstić information content (AvgIpc) is 3.85. The van der Waals surface area contributed by atoms with Crippen molar-refractivity contribution in [3.8, 4) is 56.4 Å². The summed E-state index contributed by atoms with van der Waals surface area (Å²) in [5.41, 5.74) is 8.77. The van der Waals surface area contributed by atoms with Crippen LogP contribution < -0.4 is 0 Å². The largest absolute Gasteiger partial charge is 0.456 e. The molecule has 0 N–H and O–H groups in total. The number of hydrogen-bond donors (Lipinski definition) is 0. The van der Waals surface area contributed by atoms with Crippen LogP contribution in [0.5, 0.6) is 0 Å². The summed E-state index contributed by atoms with van der Waals surface area (Å²) in [4.78, 5) is 16.0. The van der Waals surface area contributed by atoms with E-state index in [1.54, 1.807) is 11.3 Å². The third-order valence-corrected chi connectivity index (χ3v) is 12.4. The molecule has 0 saturated carbocycles. The van der Waals surface area contributed by atoms with Crippen LogP contribution in [-0.2, 0) is 0 Å². The van der Waals surface area contributed by atoms with E-state index in [1.165, 1.54) is 30.9 Å². The van der Waals surface area contributed by atoms with Crippen molar-refractivity contribution in [1.82, 2.24) is 15.0 Å². The molecule has 9 aromatic carbocycles. The second-order valence-corrected chi connectivity index (χ2v) is 15.9. The highest BCUT2D eigenvalue weighted by Crippen LogP contribution is 2.44. The molecule has 5 heteroatoms. The van der Waals surface area contributed by atoms with Crippen LogP contribution in [0.1, 0.15) is 0 Å². The molecule has 0 saturated heterocycles. The van der Waals surface area contributed by atoms with E-state index < -0.39 is 0 Å². The SMILES string of the molecule is c1ccc(-c2ccc(-c3nc(-c4ccc5c(c4)sc4ccccc45)nc(-c4c(-c5ccc6ccccc6c5)ccc5oc6cc7ccccc7cc6c45)n3)cc2)cc1. The molecule has 0 fully saturated rings. The number of aromatic nitrogens is 3. The Morgan fingerprint density at radius 3 is 1.78 bits per heavy atom. The fourth-order valence-corrected chi connectivity index (χ4v) is 9.58. The minimum Gasteiger partial charge on any atom is -0.456 e. The van der Waals surface area contributed by atoms with Gasteiger partial charge in [0.2, 0.25) is 0 Å². The number of furan rings is 1. The lowest BCUT2D eigenvalue weighted by atomic mass is 9.93. The summed E-state index contributed by atoms with van der Waals surface area (Å²) < 4.78 is 9.13. The van der Waals surface area contributed by atoms with Crippen LogP contribution in [0, 0.1) is 0 Å². The molecule has 0 unspecified atom stereocenters. The first-order chi connectivity index (χ1) is 28.7. The van der Waals surface area contributed by atoms with E-state index in [1.807, 2.05) is 6.07 Å². The smallest absolute Gasteiger partial charge is 0.165 e. The third kappa shape index (κ3) is 5.40. The minimum atomic E-state index is 0.591. The van der Waals surface area contributed by atoms with Gasteiger partial charge in [-0.05, 0) is 86.3 Å². The zero-order valence-electron chi connectivity index (χ0n) is 31.1. The van der Waals surface area contributed by atoms with E-state index >= 15 is 0 Å². The Kier molecular flexibility index (Phi) is 7.37. The third-order valence-electron chi connectivity index (χ3n) is 11.3. The van der Waals surface area contributed by atoms with Crippen molar-refractivity contribution in [3.63, 3.8) is 0 Å². The number of thiophene rings is 1. The van der Waals surface area contributed by atoms with Crippen LogP contribution in [-0.4, -0.2) is 15.0 Å². The van der Waals surface area contributed by atoms with E-state index in [-0.39, 0.29) is 0 Å². The van der Waals surface area contributed by atoms with Gasteiger partial charge < -0.3 is 4.42 Å². The Balaban J connectivity index is 1.15. The lowest BCUT2D eigenvalue weighted by Crippen LogP contribution is -2.01. The van der Waals surface area contributed by atoms with E-state index in [0.717, 1.165) is 71.7 Å². The Labute approximate surface area is 337 Å². The Morgan fingerprint density at radius 1 is 0.345 bits per heavy atom. The van der Waals surface area contributed by atoms with Crippen LogP contribution in [0.3, 0.4) is 0 Å². The second-order valence-electron chi connectivity index (χ2n) is 14.8. The topological polar surface area (TPSA) is 51.8 Å². The van der Waals surface area contributed by atoms with Gasteiger partial charge in [0.05, 0.1) is 0 Å². The van der Waals surface area contributed by atoms with Crippen molar-refractivity contribution < 1.29 is 4.42 Å². The highest BCUT2D eigenvalue weighted by molar-refractivity contribution is 7.25. The number of fused-ring (bicyclic) bond motifs is 8. The first kappa shape index (κ1) is 32.7. The summed E-state index contributed by atoms with van der Waals surface area (Å²) in [6, 6.07) is 66.3. The molecular formula is C53H31N3OS. The molecule has 12 aromatic rings. The van der Waals surface area contributed by atoms with Crippen molar-refractivity contribution in [2.45, 2.75) is 0 Å². The number of benzene rings is 9. The molecule has 0 aliphatic carbocycles. The van der Waals surface area contributed by atoms with Gasteiger partial charge in [0, 0.05) is 47.6 Å². The lowest BCUT2D eigenvalue weighted by molar-refractivity contribution is 0.669. The van der Waals surface area contributed by atoms with Gasteiger partial charge in [-0.3, -0.25) is 0 Å². The van der Waals surface area contributed by atoms with Gasteiger partial charge in [-0.25, -0.2) is 15.0 Å². The van der Waals surface area contributed by atoms with E-state index in [4.69, 9.17) is 19.4 Å². The van der Waals surface area contributed by atoms with Gasteiger partial charge in [0.15, 0.2) is 17.5 Å². The molecule has 12 rings (SSSR count). The fraction of sp³-hybridized carbons (Fsp3) is 0. The van der Waals surface area contributed by atoms with Crippen LogP contribution in [0.15, 0.2) is 192 Å². The summed E-state index contributed by atoms with van der Waals surface area (Å²) in [6.45, 7) is 0. The van der Waals surface area contributed by atoms with Crippen LogP contribution in [0.4, 0.5) is 0 Å². The Bertz CT molecular complexity index is 3570.